The fraction of sp³-hybridized carbons (Fsp3) is 0.150. The summed E-state index contributed by atoms with van der Waals surface area (Å²) in [4.78, 5) is 0. The number of methoxy groups -OCH3 is 2. The first-order chi connectivity index (χ1) is 14.0. The summed E-state index contributed by atoms with van der Waals surface area (Å²) in [7, 11) is -0.576. The quantitative estimate of drug-likeness (QED) is 0.481. The molecule has 0 fully saturated rings. The van der Waals surface area contributed by atoms with Crippen LogP contribution in [0.3, 0.4) is 0 Å². The minimum Gasteiger partial charge on any atom is -0.497 e. The fourth-order valence-electron chi connectivity index (χ4n) is 3.10. The van der Waals surface area contributed by atoms with Crippen LogP contribution in [0.15, 0.2) is 64.2 Å². The summed E-state index contributed by atoms with van der Waals surface area (Å²) < 4.78 is 40.8. The molecule has 0 radical (unpaired) electrons. The van der Waals surface area contributed by atoms with Gasteiger partial charge in [0.05, 0.1) is 31.7 Å². The second kappa shape index (κ2) is 7.76. The normalized spacial score (nSPS) is 11.5. The average Bonchev–Trinajstić information content (AvgIpc) is 3.38. The Kier molecular flexibility index (Phi) is 5.16. The number of nitrogens with one attached hydrogen (secondary N) is 1. The molecule has 2 aromatic heterocycles. The lowest BCUT2D eigenvalue weighted by Crippen LogP contribution is -2.12. The second-order valence-corrected chi connectivity index (χ2v) is 9.11. The third-order valence-corrected chi connectivity index (χ3v) is 7.15. The molecule has 0 saturated heterocycles. The Bertz CT molecular complexity index is 1250. The molecule has 0 aliphatic heterocycles. The van der Waals surface area contributed by atoms with Gasteiger partial charge in [0.15, 0.2) is 5.82 Å². The largest absolute Gasteiger partial charge is 0.497 e. The number of hydrogen-bond donors (Lipinski definition) is 1. The molecule has 0 amide bonds. The number of hydrogen-bond acceptors (Lipinski definition) is 6. The average molecular weight is 430 g/mol. The molecule has 9 heteroatoms. The lowest BCUT2D eigenvalue weighted by Gasteiger charge is -2.06. The van der Waals surface area contributed by atoms with Gasteiger partial charge in [0.25, 0.3) is 10.0 Å². The van der Waals surface area contributed by atoms with Crippen LogP contribution in [0, 0.1) is 0 Å². The first-order valence-corrected chi connectivity index (χ1v) is 11.1. The van der Waals surface area contributed by atoms with Crippen LogP contribution in [0.2, 0.25) is 0 Å². The number of sulfonamides is 1. The van der Waals surface area contributed by atoms with Crippen molar-refractivity contribution < 1.29 is 17.9 Å². The number of anilines is 1. The Morgan fingerprint density at radius 1 is 1.07 bits per heavy atom. The molecular weight excluding hydrogens is 410 g/mol. The van der Waals surface area contributed by atoms with E-state index in [2.05, 4.69) is 9.82 Å². The smallest absolute Gasteiger partial charge is 0.272 e. The topological polar surface area (TPSA) is 82.5 Å². The SMILES string of the molecule is COc1cccc(Cn2nc(NS(=O)(=O)c3cccs3)c3c(OC)cccc32)c1. The van der Waals surface area contributed by atoms with Crippen LogP contribution in [0.5, 0.6) is 11.5 Å². The van der Waals surface area contributed by atoms with Gasteiger partial charge < -0.3 is 9.47 Å². The first-order valence-electron chi connectivity index (χ1n) is 8.74. The van der Waals surface area contributed by atoms with E-state index in [0.29, 0.717) is 17.7 Å². The van der Waals surface area contributed by atoms with Crippen LogP contribution in [0.4, 0.5) is 5.82 Å². The molecule has 0 bridgehead atoms. The van der Waals surface area contributed by atoms with Crippen molar-refractivity contribution in [1.82, 2.24) is 9.78 Å². The van der Waals surface area contributed by atoms with E-state index < -0.39 is 10.0 Å². The summed E-state index contributed by atoms with van der Waals surface area (Å²) in [5.41, 5.74) is 1.74. The predicted octanol–water partition coefficient (Wildman–Crippen LogP) is 3.96. The molecule has 0 atom stereocenters. The van der Waals surface area contributed by atoms with Crippen molar-refractivity contribution in [2.75, 3.05) is 18.9 Å². The zero-order valence-electron chi connectivity index (χ0n) is 15.8. The van der Waals surface area contributed by atoms with Crippen molar-refractivity contribution in [2.45, 2.75) is 10.8 Å². The minimum absolute atomic E-state index is 0.225. The Labute approximate surface area is 172 Å². The molecule has 4 rings (SSSR count). The van der Waals surface area contributed by atoms with Crippen LogP contribution < -0.4 is 14.2 Å². The van der Waals surface area contributed by atoms with Crippen molar-refractivity contribution in [3.05, 3.63) is 65.5 Å². The molecule has 29 heavy (non-hydrogen) atoms. The maximum absolute atomic E-state index is 12.7. The molecule has 2 heterocycles. The van der Waals surface area contributed by atoms with Crippen molar-refractivity contribution in [2.24, 2.45) is 0 Å². The first kappa shape index (κ1) is 19.3. The maximum Gasteiger partial charge on any atom is 0.272 e. The molecule has 0 aliphatic rings. The number of thiophene rings is 1. The zero-order chi connectivity index (χ0) is 20.4. The van der Waals surface area contributed by atoms with E-state index in [9.17, 15) is 8.42 Å². The Morgan fingerprint density at radius 3 is 2.62 bits per heavy atom. The van der Waals surface area contributed by atoms with Gasteiger partial charge in [0.1, 0.15) is 15.7 Å². The van der Waals surface area contributed by atoms with Crippen LogP contribution in [-0.2, 0) is 16.6 Å². The van der Waals surface area contributed by atoms with Crippen molar-refractivity contribution in [3.8, 4) is 11.5 Å². The van der Waals surface area contributed by atoms with Gasteiger partial charge in [-0.2, -0.15) is 5.10 Å². The van der Waals surface area contributed by atoms with Gasteiger partial charge in [-0.05, 0) is 41.3 Å². The van der Waals surface area contributed by atoms with Crippen molar-refractivity contribution in [1.29, 1.82) is 0 Å². The molecule has 0 unspecified atom stereocenters. The summed E-state index contributed by atoms with van der Waals surface area (Å²) in [5.74, 6) is 1.52. The lowest BCUT2D eigenvalue weighted by atomic mass is 10.2. The molecule has 1 N–H and O–H groups in total. The van der Waals surface area contributed by atoms with Gasteiger partial charge in [-0.15, -0.1) is 11.3 Å². The predicted molar refractivity (Wildman–Crippen MR) is 114 cm³/mol. The third-order valence-electron chi connectivity index (χ3n) is 4.42. The summed E-state index contributed by atoms with van der Waals surface area (Å²) in [6.07, 6.45) is 0. The molecule has 150 valence electrons. The summed E-state index contributed by atoms with van der Waals surface area (Å²) >= 11 is 1.15. The number of nitrogens with zero attached hydrogens (tertiary/aromatic N) is 2. The number of aromatic nitrogens is 2. The van der Waals surface area contributed by atoms with E-state index in [1.165, 1.54) is 0 Å². The highest BCUT2D eigenvalue weighted by Gasteiger charge is 2.22. The second-order valence-electron chi connectivity index (χ2n) is 6.25. The standard InChI is InChI=1S/C20H19N3O4S2/c1-26-15-7-3-6-14(12-15)13-23-16-8-4-9-17(27-2)19(16)20(21-23)22-29(24,25)18-10-5-11-28-18/h3-12H,13H2,1-2H3,(H,21,22). The maximum atomic E-state index is 12.7. The summed E-state index contributed by atoms with van der Waals surface area (Å²) in [6.45, 7) is 0.446. The third kappa shape index (κ3) is 3.79. The highest BCUT2D eigenvalue weighted by atomic mass is 32.2. The molecule has 2 aromatic carbocycles. The van der Waals surface area contributed by atoms with Crippen LogP contribution in [0.1, 0.15) is 5.56 Å². The molecule has 0 spiro atoms. The van der Waals surface area contributed by atoms with Crippen molar-refractivity contribution >= 4 is 38.1 Å². The van der Waals surface area contributed by atoms with Gasteiger partial charge in [-0.1, -0.05) is 24.3 Å². The van der Waals surface area contributed by atoms with E-state index in [4.69, 9.17) is 9.47 Å². The van der Waals surface area contributed by atoms with E-state index in [1.807, 2.05) is 36.4 Å². The van der Waals surface area contributed by atoms with Crippen LogP contribution in [-0.4, -0.2) is 32.4 Å². The number of fused-ring (bicyclic) bond motifs is 1. The number of rotatable bonds is 7. The fourth-order valence-corrected chi connectivity index (χ4v) is 5.10. The molecule has 4 aromatic rings. The Morgan fingerprint density at radius 2 is 1.90 bits per heavy atom. The zero-order valence-corrected chi connectivity index (χ0v) is 17.5. The highest BCUT2D eigenvalue weighted by Crippen LogP contribution is 2.34. The van der Waals surface area contributed by atoms with Crippen LogP contribution >= 0.6 is 11.3 Å². The minimum atomic E-state index is -3.74. The monoisotopic (exact) mass is 429 g/mol. The van der Waals surface area contributed by atoms with Gasteiger partial charge >= 0.3 is 0 Å². The number of benzene rings is 2. The van der Waals surface area contributed by atoms with Crippen LogP contribution in [0.25, 0.3) is 10.9 Å². The van der Waals surface area contributed by atoms with Gasteiger partial charge in [0.2, 0.25) is 0 Å². The van der Waals surface area contributed by atoms with E-state index in [-0.39, 0.29) is 10.0 Å². The van der Waals surface area contributed by atoms with Crippen molar-refractivity contribution in [3.63, 3.8) is 0 Å². The van der Waals surface area contributed by atoms with Gasteiger partial charge in [0, 0.05) is 0 Å². The molecule has 0 saturated carbocycles. The Hall–Kier alpha value is -3.04. The molecular formula is C20H19N3O4S2. The van der Waals surface area contributed by atoms with E-state index in [0.717, 1.165) is 28.2 Å². The lowest BCUT2D eigenvalue weighted by molar-refractivity contribution is 0.414. The van der Waals surface area contributed by atoms with E-state index in [1.54, 1.807) is 42.5 Å². The highest BCUT2D eigenvalue weighted by molar-refractivity contribution is 7.94. The number of ether oxygens (including phenoxy) is 2. The molecule has 0 aliphatic carbocycles. The van der Waals surface area contributed by atoms with Gasteiger partial charge in [-0.25, -0.2) is 8.42 Å². The Balaban J connectivity index is 1.80. The summed E-state index contributed by atoms with van der Waals surface area (Å²) in [5, 5.41) is 6.88. The molecule has 7 nitrogen and oxygen atoms in total. The van der Waals surface area contributed by atoms with E-state index >= 15 is 0 Å². The van der Waals surface area contributed by atoms with Gasteiger partial charge in [-0.3, -0.25) is 9.40 Å². The summed E-state index contributed by atoms with van der Waals surface area (Å²) in [6, 6.07) is 16.4.